The number of aromatic nitrogens is 7. The summed E-state index contributed by atoms with van der Waals surface area (Å²) in [4.78, 5) is 48.2. The number of rotatable bonds is 9. The molecule has 2 fully saturated rings. The highest BCUT2D eigenvalue weighted by Crippen LogP contribution is 2.39. The lowest BCUT2D eigenvalue weighted by Crippen LogP contribution is -2.65. The van der Waals surface area contributed by atoms with Crippen LogP contribution >= 0.6 is 0 Å². The van der Waals surface area contributed by atoms with Crippen LogP contribution < -0.4 is 10.1 Å². The summed E-state index contributed by atoms with van der Waals surface area (Å²) in [7, 11) is 0. The normalized spacial score (nSPS) is 17.6. The van der Waals surface area contributed by atoms with Crippen LogP contribution in [0.1, 0.15) is 57.5 Å². The van der Waals surface area contributed by atoms with Crippen LogP contribution in [-0.4, -0.2) is 123 Å². The van der Waals surface area contributed by atoms with Gasteiger partial charge in [0, 0.05) is 61.1 Å². The lowest BCUT2D eigenvalue weighted by Gasteiger charge is -2.53. The minimum absolute atomic E-state index is 0.0431. The van der Waals surface area contributed by atoms with Crippen molar-refractivity contribution in [3.8, 4) is 23.2 Å². The van der Waals surface area contributed by atoms with Crippen LogP contribution in [-0.2, 0) is 32.6 Å². The fraction of sp³-hybridized carbons (Fsp3) is 0.514. The number of nitrogens with one attached hydrogen (secondary N) is 2. The predicted molar refractivity (Wildman–Crippen MR) is 192 cm³/mol. The second-order valence-electron chi connectivity index (χ2n) is 14.1. The summed E-state index contributed by atoms with van der Waals surface area (Å²) >= 11 is 0. The van der Waals surface area contributed by atoms with Crippen molar-refractivity contribution < 1.29 is 87.1 Å². The van der Waals surface area contributed by atoms with Crippen molar-refractivity contribution in [2.45, 2.75) is 101 Å². The Morgan fingerprint density at radius 2 is 1.45 bits per heavy atom. The van der Waals surface area contributed by atoms with Crippen LogP contribution in [0.15, 0.2) is 37.1 Å². The Balaban J connectivity index is 0.000000429. The Labute approximate surface area is 352 Å². The minimum atomic E-state index is -5.08. The Bertz CT molecular complexity index is 2180. The summed E-state index contributed by atoms with van der Waals surface area (Å²) in [5.41, 5.74) is 2.21. The molecule has 17 nitrogen and oxygen atoms in total. The number of fused-ring (bicyclic) bond motifs is 1. The van der Waals surface area contributed by atoms with Gasteiger partial charge in [-0.2, -0.15) is 68.0 Å². The Hall–Kier alpha value is -6.31. The van der Waals surface area contributed by atoms with Gasteiger partial charge in [0.05, 0.1) is 30.1 Å². The SMILES string of the molecule is CC(C)NCc1cc(O[C@H]2CC[C@@H](N3CC(CC#N)(n4cc(-c5ncnc6[nH]ccc56)cn4)C3)CC2)nc(C(F)(F)F)n1.O=C(O)C(F)(F)F.O=C(O)C(F)(F)F.O=C(O)C(F)(F)F. The zero-order valence-corrected chi connectivity index (χ0v) is 32.9. The number of hydrogen-bond donors (Lipinski definition) is 5. The zero-order chi connectivity index (χ0) is 48.4. The third-order valence-corrected chi connectivity index (χ3v) is 8.97. The highest BCUT2D eigenvalue weighted by atomic mass is 19.4. The fourth-order valence-corrected chi connectivity index (χ4v) is 6.02. The molecule has 0 amide bonds. The molecule has 5 heterocycles. The molecule has 0 bridgehead atoms. The fourth-order valence-electron chi connectivity index (χ4n) is 6.02. The first-order valence-corrected chi connectivity index (χ1v) is 18.2. The van der Waals surface area contributed by atoms with E-state index in [0.29, 0.717) is 38.4 Å². The van der Waals surface area contributed by atoms with E-state index < -0.39 is 54.0 Å². The molecule has 0 radical (unpaired) electrons. The lowest BCUT2D eigenvalue weighted by atomic mass is 9.82. The number of hydrogen-bond acceptors (Lipinski definition) is 12. The van der Waals surface area contributed by atoms with Crippen molar-refractivity contribution in [2.75, 3.05) is 13.1 Å². The number of H-pyrrole nitrogens is 1. The molecule has 64 heavy (non-hydrogen) atoms. The van der Waals surface area contributed by atoms with Gasteiger partial charge in [0.1, 0.15) is 23.6 Å². The Morgan fingerprint density at radius 3 is 1.94 bits per heavy atom. The molecule has 4 aromatic heterocycles. The number of aromatic amines is 1. The van der Waals surface area contributed by atoms with Crippen molar-refractivity contribution in [1.29, 1.82) is 5.26 Å². The first-order valence-electron chi connectivity index (χ1n) is 18.2. The number of alkyl halides is 12. The summed E-state index contributed by atoms with van der Waals surface area (Å²) in [5, 5.41) is 39.7. The van der Waals surface area contributed by atoms with E-state index in [-0.39, 0.29) is 30.3 Å². The van der Waals surface area contributed by atoms with Crippen LogP contribution in [0.2, 0.25) is 0 Å². The summed E-state index contributed by atoms with van der Waals surface area (Å²) in [5.74, 6) is -9.50. The molecule has 0 atom stereocenters. The van der Waals surface area contributed by atoms with Gasteiger partial charge in [0.15, 0.2) is 0 Å². The molecule has 0 spiro atoms. The van der Waals surface area contributed by atoms with Crippen LogP contribution in [0.3, 0.4) is 0 Å². The molecular formula is C35H36F12N10O7. The van der Waals surface area contributed by atoms with E-state index >= 15 is 0 Å². The smallest absolute Gasteiger partial charge is 0.475 e. The Morgan fingerprint density at radius 1 is 0.906 bits per heavy atom. The second-order valence-corrected chi connectivity index (χ2v) is 14.1. The summed E-state index contributed by atoms with van der Waals surface area (Å²) in [6.07, 6.45) is -9.66. The van der Waals surface area contributed by atoms with Crippen molar-refractivity contribution >= 4 is 28.9 Å². The molecule has 0 unspecified atom stereocenters. The van der Waals surface area contributed by atoms with Gasteiger partial charge in [-0.05, 0) is 31.7 Å². The van der Waals surface area contributed by atoms with E-state index in [4.69, 9.17) is 34.4 Å². The van der Waals surface area contributed by atoms with Crippen LogP contribution in [0.4, 0.5) is 52.7 Å². The topological polar surface area (TPSA) is 245 Å². The minimum Gasteiger partial charge on any atom is -0.475 e. The van der Waals surface area contributed by atoms with Gasteiger partial charge in [0.25, 0.3) is 0 Å². The average Bonchev–Trinajstić information content (AvgIpc) is 3.86. The average molecular weight is 937 g/mol. The van der Waals surface area contributed by atoms with E-state index in [0.717, 1.165) is 35.1 Å². The molecule has 29 heteroatoms. The molecule has 1 saturated carbocycles. The second kappa shape index (κ2) is 20.9. The largest absolute Gasteiger partial charge is 0.490 e. The molecule has 5 N–H and O–H groups in total. The highest BCUT2D eigenvalue weighted by Gasteiger charge is 2.48. The lowest BCUT2D eigenvalue weighted by molar-refractivity contribution is -0.193. The number of ether oxygens (including phenoxy) is 1. The number of likely N-dealkylation sites (tertiary alicyclic amines) is 1. The number of carbonyl (C=O) groups is 3. The third kappa shape index (κ3) is 14.9. The van der Waals surface area contributed by atoms with Crippen LogP contribution in [0.5, 0.6) is 5.88 Å². The predicted octanol–water partition coefficient (Wildman–Crippen LogP) is 6.34. The zero-order valence-electron chi connectivity index (χ0n) is 32.9. The standard InChI is InChI=1S/C29H33F3N10O.3C2HF3O2/c1-18(2)35-13-20-11-24(40-27(39-20)29(30,31)32)43-22-5-3-21(4-6-22)41-15-28(16-41,8-9-33)42-14-19(12-38-42)25-23-7-10-34-26(23)37-17-36-25;3*3-2(4,5)1(6)7/h7,10-12,14,17-18,21-22,35H,3-6,8,13,15-16H2,1-2H3,(H,34,36,37);3*(H,6,7)/t21-,22+;;;. The number of halogens is 12. The van der Waals surface area contributed by atoms with Gasteiger partial charge >= 0.3 is 42.6 Å². The molecule has 4 aromatic rings. The molecule has 1 aliphatic carbocycles. The van der Waals surface area contributed by atoms with Crippen molar-refractivity contribution in [3.05, 3.63) is 48.6 Å². The van der Waals surface area contributed by atoms with Crippen LogP contribution in [0, 0.1) is 11.3 Å². The molecule has 0 aromatic carbocycles. The maximum absolute atomic E-state index is 13.4. The van der Waals surface area contributed by atoms with E-state index in [2.05, 4.69) is 46.3 Å². The molecule has 1 aliphatic heterocycles. The number of carboxylic acid groups (broad SMARTS) is 3. The van der Waals surface area contributed by atoms with Crippen molar-refractivity contribution in [2.24, 2.45) is 0 Å². The maximum Gasteiger partial charge on any atom is 0.490 e. The summed E-state index contributed by atoms with van der Waals surface area (Å²) in [6, 6.07) is 6.16. The van der Waals surface area contributed by atoms with Gasteiger partial charge < -0.3 is 30.4 Å². The number of carboxylic acids is 3. The van der Waals surface area contributed by atoms with Gasteiger partial charge in [-0.1, -0.05) is 13.8 Å². The number of nitriles is 1. The first kappa shape index (κ1) is 52.0. The molecular weight excluding hydrogens is 900 g/mol. The molecule has 352 valence electrons. The van der Waals surface area contributed by atoms with Gasteiger partial charge in [-0.15, -0.1) is 0 Å². The van der Waals surface area contributed by atoms with Crippen LogP contribution in [0.25, 0.3) is 22.3 Å². The molecule has 2 aliphatic rings. The van der Waals surface area contributed by atoms with Gasteiger partial charge in [-0.3, -0.25) is 9.58 Å². The third-order valence-electron chi connectivity index (χ3n) is 8.97. The summed E-state index contributed by atoms with van der Waals surface area (Å²) in [6.45, 7) is 5.40. The van der Waals surface area contributed by atoms with Gasteiger partial charge in [0.2, 0.25) is 11.7 Å². The maximum atomic E-state index is 13.4. The number of nitrogens with zero attached hydrogens (tertiary/aromatic N) is 8. The van der Waals surface area contributed by atoms with Crippen molar-refractivity contribution in [1.82, 2.24) is 44.9 Å². The van der Waals surface area contributed by atoms with E-state index in [1.54, 1.807) is 6.20 Å². The molecule has 1 saturated heterocycles. The van der Waals surface area contributed by atoms with Gasteiger partial charge in [-0.25, -0.2) is 29.3 Å². The van der Waals surface area contributed by atoms with E-state index in [1.807, 2.05) is 37.0 Å². The van der Waals surface area contributed by atoms with Crippen molar-refractivity contribution in [3.63, 3.8) is 0 Å². The molecule has 6 rings (SSSR count). The number of aliphatic carboxylic acids is 3. The monoisotopic (exact) mass is 936 g/mol. The van der Waals surface area contributed by atoms with E-state index in [1.165, 1.54) is 12.4 Å². The van der Waals surface area contributed by atoms with E-state index in [9.17, 15) is 57.9 Å². The Kier molecular flexibility index (Phi) is 17.0. The quantitative estimate of drug-likeness (QED) is 0.115. The highest BCUT2D eigenvalue weighted by molar-refractivity contribution is 5.90. The summed E-state index contributed by atoms with van der Waals surface area (Å²) < 4.78 is 143. The first-order chi connectivity index (χ1) is 29.5.